The van der Waals surface area contributed by atoms with Gasteiger partial charge in [0.05, 0.1) is 21.6 Å². The van der Waals surface area contributed by atoms with Crippen LogP contribution >= 0.6 is 11.8 Å². The Kier molecular flexibility index (Phi) is 7.32. The van der Waals surface area contributed by atoms with Gasteiger partial charge in [0, 0.05) is 31.6 Å². The number of hydrogen-bond donors (Lipinski definition) is 0. The van der Waals surface area contributed by atoms with Crippen LogP contribution in [0.1, 0.15) is 39.3 Å². The number of imidazole rings is 1. The van der Waals surface area contributed by atoms with Crippen LogP contribution in [0.15, 0.2) is 52.6 Å². The topological polar surface area (TPSA) is 68.1 Å². The van der Waals surface area contributed by atoms with Crippen molar-refractivity contribution in [1.29, 1.82) is 0 Å². The summed E-state index contributed by atoms with van der Waals surface area (Å²) in [7, 11) is -3.50. The second-order valence-electron chi connectivity index (χ2n) is 6.75. The second kappa shape index (κ2) is 9.73. The fourth-order valence-corrected chi connectivity index (χ4v) is 5.66. The van der Waals surface area contributed by atoms with Crippen molar-refractivity contribution in [3.63, 3.8) is 0 Å². The fraction of sp³-hybridized carbons (Fsp3) is 0.429. The molecule has 0 N–H and O–H groups in total. The third-order valence-corrected chi connectivity index (χ3v) is 7.89. The summed E-state index contributed by atoms with van der Waals surface area (Å²) in [6.45, 7) is 7.63. The molecule has 0 aliphatic heterocycles. The first kappa shape index (κ1) is 21.8. The Morgan fingerprint density at radius 3 is 2.55 bits per heavy atom. The number of aryl methyl sites for hydroxylation is 1. The second-order valence-corrected chi connectivity index (χ2v) is 9.63. The molecule has 2 heterocycles. The molecule has 2 aromatic heterocycles. The van der Waals surface area contributed by atoms with E-state index in [9.17, 15) is 8.42 Å². The van der Waals surface area contributed by atoms with E-state index in [4.69, 9.17) is 4.98 Å². The van der Waals surface area contributed by atoms with E-state index in [2.05, 4.69) is 16.5 Å². The maximum Gasteiger partial charge on any atom is 0.243 e. The monoisotopic (exact) mass is 432 g/mol. The van der Waals surface area contributed by atoms with Crippen molar-refractivity contribution in [2.45, 2.75) is 56.0 Å². The van der Waals surface area contributed by atoms with Crippen molar-refractivity contribution in [2.24, 2.45) is 0 Å². The third-order valence-electron chi connectivity index (χ3n) is 4.84. The summed E-state index contributed by atoms with van der Waals surface area (Å²) < 4.78 is 29.4. The standard InChI is InChI=1S/C21H28N4O2S2/c1-4-7-14-25-20-12-11-18(29(26,27)24(5-2)6-3)15-19(20)23-21(25)28-16-17-10-8-9-13-22-17/h8-13,15H,4-7,14,16H2,1-3H3. The largest absolute Gasteiger partial charge is 0.319 e. The van der Waals surface area contributed by atoms with Crippen LogP contribution in [0.2, 0.25) is 0 Å². The average Bonchev–Trinajstić information content (AvgIpc) is 3.08. The zero-order valence-corrected chi connectivity index (χ0v) is 18.8. The zero-order chi connectivity index (χ0) is 20.9. The van der Waals surface area contributed by atoms with Gasteiger partial charge in [-0.3, -0.25) is 4.98 Å². The highest BCUT2D eigenvalue weighted by atomic mass is 32.2. The van der Waals surface area contributed by atoms with Crippen molar-refractivity contribution >= 4 is 32.8 Å². The Morgan fingerprint density at radius 1 is 1.10 bits per heavy atom. The molecule has 0 bridgehead atoms. The van der Waals surface area contributed by atoms with Gasteiger partial charge in [-0.2, -0.15) is 4.31 Å². The summed E-state index contributed by atoms with van der Waals surface area (Å²) in [5, 5.41) is 0.900. The Bertz CT molecular complexity index is 1050. The summed E-state index contributed by atoms with van der Waals surface area (Å²) in [5.74, 6) is 0.723. The first-order valence-electron chi connectivity index (χ1n) is 10.0. The molecule has 0 spiro atoms. The van der Waals surface area contributed by atoms with Crippen LogP contribution in [0.25, 0.3) is 11.0 Å². The van der Waals surface area contributed by atoms with Gasteiger partial charge in [-0.1, -0.05) is 45.0 Å². The molecule has 0 radical (unpaired) electrons. The molecule has 29 heavy (non-hydrogen) atoms. The number of pyridine rings is 1. The lowest BCUT2D eigenvalue weighted by Gasteiger charge is -2.18. The molecular formula is C21H28N4O2S2. The lowest BCUT2D eigenvalue weighted by Crippen LogP contribution is -2.30. The van der Waals surface area contributed by atoms with Gasteiger partial charge in [0.25, 0.3) is 0 Å². The Labute approximate surface area is 177 Å². The number of rotatable bonds is 10. The Hall–Kier alpha value is -1.90. The molecule has 8 heteroatoms. The number of fused-ring (bicyclic) bond motifs is 1. The van der Waals surface area contributed by atoms with Gasteiger partial charge in [0.1, 0.15) is 0 Å². The predicted octanol–water partition coefficient (Wildman–Crippen LogP) is 4.55. The number of sulfonamides is 1. The van der Waals surface area contributed by atoms with E-state index < -0.39 is 10.0 Å². The van der Waals surface area contributed by atoms with Crippen molar-refractivity contribution in [1.82, 2.24) is 18.8 Å². The predicted molar refractivity (Wildman–Crippen MR) is 119 cm³/mol. The van der Waals surface area contributed by atoms with Crippen LogP contribution in [-0.4, -0.2) is 40.3 Å². The van der Waals surface area contributed by atoms with Gasteiger partial charge in [-0.25, -0.2) is 13.4 Å². The molecule has 0 unspecified atom stereocenters. The van der Waals surface area contributed by atoms with E-state index in [0.29, 0.717) is 18.0 Å². The molecule has 0 saturated carbocycles. The first-order chi connectivity index (χ1) is 14.0. The van der Waals surface area contributed by atoms with Crippen molar-refractivity contribution < 1.29 is 8.42 Å². The van der Waals surface area contributed by atoms with Crippen LogP contribution in [0.3, 0.4) is 0 Å². The fourth-order valence-electron chi connectivity index (χ4n) is 3.23. The number of benzene rings is 1. The number of hydrogen-bond acceptors (Lipinski definition) is 5. The van der Waals surface area contributed by atoms with Crippen molar-refractivity contribution in [3.8, 4) is 0 Å². The van der Waals surface area contributed by atoms with Gasteiger partial charge in [0.2, 0.25) is 10.0 Å². The molecule has 3 rings (SSSR count). The smallest absolute Gasteiger partial charge is 0.243 e. The number of thioether (sulfide) groups is 1. The van der Waals surface area contributed by atoms with E-state index in [0.717, 1.165) is 47.0 Å². The van der Waals surface area contributed by atoms with Gasteiger partial charge in [-0.05, 0) is 36.8 Å². The van der Waals surface area contributed by atoms with Crippen LogP contribution in [-0.2, 0) is 22.3 Å². The highest BCUT2D eigenvalue weighted by Gasteiger charge is 2.23. The van der Waals surface area contributed by atoms with Gasteiger partial charge >= 0.3 is 0 Å². The maximum atomic E-state index is 12.9. The molecule has 6 nitrogen and oxygen atoms in total. The van der Waals surface area contributed by atoms with E-state index >= 15 is 0 Å². The van der Waals surface area contributed by atoms with Crippen LogP contribution < -0.4 is 0 Å². The summed E-state index contributed by atoms with van der Waals surface area (Å²) in [5.41, 5.74) is 2.69. The molecule has 0 aliphatic carbocycles. The number of aromatic nitrogens is 3. The molecule has 1 aromatic carbocycles. The molecule has 0 saturated heterocycles. The van der Waals surface area contributed by atoms with E-state index in [1.165, 1.54) is 4.31 Å². The minimum absolute atomic E-state index is 0.301. The molecule has 156 valence electrons. The van der Waals surface area contributed by atoms with Crippen LogP contribution in [0, 0.1) is 0 Å². The molecule has 0 aliphatic rings. The molecule has 3 aromatic rings. The zero-order valence-electron chi connectivity index (χ0n) is 17.2. The molecule has 0 fully saturated rings. The van der Waals surface area contributed by atoms with Crippen LogP contribution in [0.5, 0.6) is 0 Å². The lowest BCUT2D eigenvalue weighted by molar-refractivity contribution is 0.445. The highest BCUT2D eigenvalue weighted by molar-refractivity contribution is 7.98. The van der Waals surface area contributed by atoms with E-state index in [1.54, 1.807) is 30.1 Å². The normalized spacial score (nSPS) is 12.1. The number of nitrogens with zero attached hydrogens (tertiary/aromatic N) is 4. The third kappa shape index (κ3) is 4.82. The van der Waals surface area contributed by atoms with Crippen LogP contribution in [0.4, 0.5) is 0 Å². The summed E-state index contributed by atoms with van der Waals surface area (Å²) in [6, 6.07) is 11.2. The summed E-state index contributed by atoms with van der Waals surface area (Å²) in [4.78, 5) is 9.46. The van der Waals surface area contributed by atoms with Gasteiger partial charge in [0.15, 0.2) is 5.16 Å². The average molecular weight is 433 g/mol. The van der Waals surface area contributed by atoms with Gasteiger partial charge in [-0.15, -0.1) is 0 Å². The number of unbranched alkanes of at least 4 members (excludes halogenated alkanes) is 1. The Balaban J connectivity index is 1.97. The summed E-state index contributed by atoms with van der Waals surface area (Å²) in [6.07, 6.45) is 3.92. The molecule has 0 amide bonds. The molecule has 0 atom stereocenters. The highest BCUT2D eigenvalue weighted by Crippen LogP contribution is 2.29. The van der Waals surface area contributed by atoms with Crippen molar-refractivity contribution in [2.75, 3.05) is 13.1 Å². The SMILES string of the molecule is CCCCn1c(SCc2ccccn2)nc2cc(S(=O)(=O)N(CC)CC)ccc21. The van der Waals surface area contributed by atoms with E-state index in [1.807, 2.05) is 38.1 Å². The Morgan fingerprint density at radius 2 is 1.90 bits per heavy atom. The minimum atomic E-state index is -3.50. The summed E-state index contributed by atoms with van der Waals surface area (Å²) >= 11 is 1.63. The first-order valence-corrected chi connectivity index (χ1v) is 12.5. The molecular weight excluding hydrogens is 404 g/mol. The van der Waals surface area contributed by atoms with Crippen molar-refractivity contribution in [3.05, 3.63) is 48.3 Å². The maximum absolute atomic E-state index is 12.9. The minimum Gasteiger partial charge on any atom is -0.319 e. The van der Waals surface area contributed by atoms with Gasteiger partial charge < -0.3 is 4.57 Å². The van der Waals surface area contributed by atoms with E-state index in [-0.39, 0.29) is 0 Å². The lowest BCUT2D eigenvalue weighted by atomic mass is 10.3. The quantitative estimate of drug-likeness (QED) is 0.440.